The highest BCUT2D eigenvalue weighted by Gasteiger charge is 2.19. The maximum atomic E-state index is 12.9. The summed E-state index contributed by atoms with van der Waals surface area (Å²) in [6, 6.07) is 5.74. The van der Waals surface area contributed by atoms with Crippen LogP contribution in [0.4, 0.5) is 4.39 Å². The van der Waals surface area contributed by atoms with E-state index in [-0.39, 0.29) is 22.3 Å². The Hall–Kier alpha value is -1.55. The van der Waals surface area contributed by atoms with Crippen molar-refractivity contribution < 1.29 is 4.39 Å². The summed E-state index contributed by atoms with van der Waals surface area (Å²) in [6.45, 7) is 3.94. The van der Waals surface area contributed by atoms with Gasteiger partial charge in [0.2, 0.25) is 0 Å². The van der Waals surface area contributed by atoms with Crippen molar-refractivity contribution in [2.24, 2.45) is 7.05 Å². The number of rotatable bonds is 2. The number of aromatic nitrogens is 2. The molecule has 2 aromatic rings. The molecule has 0 fully saturated rings. The fraction of sp³-hybridized carbons (Fsp3) is 0.308. The van der Waals surface area contributed by atoms with E-state index in [9.17, 15) is 9.18 Å². The summed E-state index contributed by atoms with van der Waals surface area (Å²) in [5, 5.41) is 0.219. The fourth-order valence-electron chi connectivity index (χ4n) is 2.09. The predicted molar refractivity (Wildman–Crippen MR) is 70.1 cm³/mol. The molecule has 1 aromatic carbocycles. The molecule has 1 heterocycles. The van der Waals surface area contributed by atoms with Crippen LogP contribution in [0.2, 0.25) is 5.02 Å². The van der Waals surface area contributed by atoms with E-state index in [4.69, 9.17) is 11.6 Å². The van der Waals surface area contributed by atoms with Crippen LogP contribution >= 0.6 is 11.6 Å². The van der Waals surface area contributed by atoms with Gasteiger partial charge < -0.3 is 0 Å². The zero-order chi connectivity index (χ0) is 13.4. The Bertz CT molecular complexity index is 626. The van der Waals surface area contributed by atoms with Gasteiger partial charge in [-0.15, -0.1) is 0 Å². The Balaban J connectivity index is 2.69. The van der Waals surface area contributed by atoms with Gasteiger partial charge in [-0.1, -0.05) is 25.4 Å². The summed E-state index contributed by atoms with van der Waals surface area (Å²) in [5.41, 5.74) is 1.08. The highest BCUT2D eigenvalue weighted by molar-refractivity contribution is 6.31. The van der Waals surface area contributed by atoms with Gasteiger partial charge >= 0.3 is 0 Å². The molecule has 0 spiro atoms. The van der Waals surface area contributed by atoms with Crippen LogP contribution in [0.5, 0.6) is 0 Å². The van der Waals surface area contributed by atoms with Crippen molar-refractivity contribution in [3.63, 3.8) is 0 Å². The van der Waals surface area contributed by atoms with Crippen LogP contribution < -0.4 is 5.56 Å². The molecule has 18 heavy (non-hydrogen) atoms. The van der Waals surface area contributed by atoms with E-state index in [1.54, 1.807) is 23.9 Å². The third-order valence-corrected chi connectivity index (χ3v) is 3.23. The summed E-state index contributed by atoms with van der Waals surface area (Å²) < 4.78 is 16.0. The largest absolute Gasteiger partial charge is 0.290 e. The van der Waals surface area contributed by atoms with Gasteiger partial charge in [-0.2, -0.15) is 0 Å². The van der Waals surface area contributed by atoms with Gasteiger partial charge in [0.05, 0.1) is 11.4 Å². The second-order valence-corrected chi connectivity index (χ2v) is 4.85. The van der Waals surface area contributed by atoms with Gasteiger partial charge in [-0.25, -0.2) is 9.07 Å². The van der Waals surface area contributed by atoms with Crippen LogP contribution in [0.3, 0.4) is 0 Å². The molecular formula is C13H14ClFN2O. The molecule has 0 saturated carbocycles. The molecule has 0 atom stereocenters. The van der Waals surface area contributed by atoms with Crippen molar-refractivity contribution in [2.45, 2.75) is 19.8 Å². The summed E-state index contributed by atoms with van der Waals surface area (Å²) in [6.07, 6.45) is 0. The van der Waals surface area contributed by atoms with Gasteiger partial charge in [0.25, 0.3) is 5.56 Å². The minimum Gasteiger partial charge on any atom is -0.283 e. The van der Waals surface area contributed by atoms with Crippen LogP contribution in [-0.2, 0) is 7.05 Å². The lowest BCUT2D eigenvalue weighted by Crippen LogP contribution is -2.19. The zero-order valence-electron chi connectivity index (χ0n) is 10.4. The van der Waals surface area contributed by atoms with Crippen LogP contribution in [-0.4, -0.2) is 9.36 Å². The first kappa shape index (κ1) is 12.9. The molecule has 0 saturated heterocycles. The molecule has 0 bridgehead atoms. The average Bonchev–Trinajstić information content (AvgIpc) is 2.52. The molecule has 3 nitrogen and oxygen atoms in total. The minimum atomic E-state index is -0.337. The van der Waals surface area contributed by atoms with Crippen LogP contribution in [0.25, 0.3) is 5.69 Å². The van der Waals surface area contributed by atoms with Gasteiger partial charge in [0.15, 0.2) is 0 Å². The van der Waals surface area contributed by atoms with Gasteiger partial charge in [0, 0.05) is 7.05 Å². The quantitative estimate of drug-likeness (QED) is 0.822. The number of hydrogen-bond acceptors (Lipinski definition) is 1. The van der Waals surface area contributed by atoms with Gasteiger partial charge in [-0.05, 0) is 30.2 Å². The van der Waals surface area contributed by atoms with Crippen LogP contribution in [0.15, 0.2) is 29.1 Å². The van der Waals surface area contributed by atoms with Crippen LogP contribution in [0.1, 0.15) is 25.5 Å². The van der Waals surface area contributed by atoms with E-state index < -0.39 is 0 Å². The third kappa shape index (κ3) is 1.97. The van der Waals surface area contributed by atoms with Gasteiger partial charge in [-0.3, -0.25) is 9.48 Å². The molecule has 96 valence electrons. The fourth-order valence-corrected chi connectivity index (χ4v) is 2.51. The van der Waals surface area contributed by atoms with Crippen molar-refractivity contribution in [2.75, 3.05) is 0 Å². The molecule has 2 rings (SSSR count). The van der Waals surface area contributed by atoms with E-state index >= 15 is 0 Å². The van der Waals surface area contributed by atoms with Crippen LogP contribution in [0, 0.1) is 5.82 Å². The normalized spacial score (nSPS) is 11.2. The summed E-state index contributed by atoms with van der Waals surface area (Å²) in [7, 11) is 1.77. The molecule has 1 aromatic heterocycles. The third-order valence-electron chi connectivity index (χ3n) is 2.87. The molecule has 0 aliphatic carbocycles. The lowest BCUT2D eigenvalue weighted by atomic mass is 10.1. The second kappa shape index (κ2) is 4.61. The predicted octanol–water partition coefficient (Wildman–Crippen LogP) is 3.09. The molecule has 0 aliphatic heterocycles. The zero-order valence-corrected chi connectivity index (χ0v) is 11.2. The number of hydrogen-bond donors (Lipinski definition) is 0. The smallest absolute Gasteiger partial charge is 0.283 e. The Morgan fingerprint density at radius 1 is 1.22 bits per heavy atom. The van der Waals surface area contributed by atoms with E-state index in [1.807, 2.05) is 13.8 Å². The highest BCUT2D eigenvalue weighted by Crippen LogP contribution is 2.22. The maximum absolute atomic E-state index is 12.9. The van der Waals surface area contributed by atoms with Crippen molar-refractivity contribution in [3.05, 3.63) is 51.2 Å². The van der Waals surface area contributed by atoms with Crippen molar-refractivity contribution >= 4 is 11.6 Å². The molecular weight excluding hydrogens is 255 g/mol. The van der Waals surface area contributed by atoms with Crippen molar-refractivity contribution in [1.82, 2.24) is 9.36 Å². The molecule has 0 aliphatic rings. The minimum absolute atomic E-state index is 0.136. The summed E-state index contributed by atoms with van der Waals surface area (Å²) >= 11 is 6.07. The first-order chi connectivity index (χ1) is 8.43. The highest BCUT2D eigenvalue weighted by atomic mass is 35.5. The van der Waals surface area contributed by atoms with Crippen molar-refractivity contribution in [1.29, 1.82) is 0 Å². The number of benzene rings is 1. The number of halogens is 2. The summed E-state index contributed by atoms with van der Waals surface area (Å²) in [4.78, 5) is 12.1. The molecule has 5 heteroatoms. The lowest BCUT2D eigenvalue weighted by molar-refractivity contribution is 0.591. The Labute approximate surface area is 109 Å². The summed E-state index contributed by atoms with van der Waals surface area (Å²) in [5.74, 6) is -0.201. The topological polar surface area (TPSA) is 26.9 Å². The Morgan fingerprint density at radius 3 is 2.22 bits per heavy atom. The maximum Gasteiger partial charge on any atom is 0.290 e. The SMILES string of the molecule is CC(C)c1c(Cl)c(=O)n(-c2ccc(F)cc2)n1C. The molecule has 0 unspecified atom stereocenters. The van der Waals surface area contributed by atoms with E-state index in [0.29, 0.717) is 5.69 Å². The average molecular weight is 269 g/mol. The van der Waals surface area contributed by atoms with Gasteiger partial charge in [0.1, 0.15) is 10.8 Å². The standard InChI is InChI=1S/C13H14ClFN2O/c1-8(2)12-11(14)13(18)17(16(12)3)10-6-4-9(15)5-7-10/h4-8H,1-3H3. The Kier molecular flexibility index (Phi) is 3.30. The lowest BCUT2D eigenvalue weighted by Gasteiger charge is -2.11. The monoisotopic (exact) mass is 268 g/mol. The van der Waals surface area contributed by atoms with E-state index in [2.05, 4.69) is 0 Å². The first-order valence-corrected chi connectivity index (χ1v) is 6.04. The number of nitrogens with zero attached hydrogens (tertiary/aromatic N) is 2. The molecule has 0 radical (unpaired) electrons. The Morgan fingerprint density at radius 2 is 1.78 bits per heavy atom. The van der Waals surface area contributed by atoms with E-state index in [0.717, 1.165) is 5.69 Å². The first-order valence-electron chi connectivity index (χ1n) is 5.66. The second-order valence-electron chi connectivity index (χ2n) is 4.47. The molecule has 0 N–H and O–H groups in total. The van der Waals surface area contributed by atoms with E-state index in [1.165, 1.54) is 16.8 Å². The van der Waals surface area contributed by atoms with Crippen molar-refractivity contribution in [3.8, 4) is 5.69 Å². The molecule has 0 amide bonds.